The van der Waals surface area contributed by atoms with Crippen LogP contribution < -0.4 is 10.2 Å². The Labute approximate surface area is 124 Å². The molecule has 0 aromatic carbocycles. The second-order valence-electron chi connectivity index (χ2n) is 5.02. The molecule has 1 N–H and O–H groups in total. The number of nitrogens with zero attached hydrogens (tertiary/aromatic N) is 3. The summed E-state index contributed by atoms with van der Waals surface area (Å²) >= 11 is 0. The fourth-order valence-corrected chi connectivity index (χ4v) is 4.14. The molecule has 116 valence electrons. The number of nitrogens with one attached hydrogen (secondary N) is 1. The van der Waals surface area contributed by atoms with Gasteiger partial charge in [-0.2, -0.15) is 0 Å². The summed E-state index contributed by atoms with van der Waals surface area (Å²) < 4.78 is 23.2. The second-order valence-corrected chi connectivity index (χ2v) is 7.25. The maximum absolute atomic E-state index is 11.6. The molecule has 7 nitrogen and oxygen atoms in total. The fraction of sp³-hybridized carbons (Fsp3) is 0.615. The van der Waals surface area contributed by atoms with E-state index in [1.54, 1.807) is 19.1 Å². The highest BCUT2D eigenvalue weighted by Gasteiger charge is 2.32. The molecule has 8 heteroatoms. The van der Waals surface area contributed by atoms with Crippen molar-refractivity contribution in [2.45, 2.75) is 32.7 Å². The third kappa shape index (κ3) is 3.90. The number of sulfone groups is 1. The van der Waals surface area contributed by atoms with Gasteiger partial charge in [0.2, 0.25) is 5.91 Å². The number of hydrogen-bond donors (Lipinski definition) is 1. The molecule has 1 fully saturated rings. The van der Waals surface area contributed by atoms with Gasteiger partial charge < -0.3 is 10.2 Å². The minimum Gasteiger partial charge on any atom is -0.351 e. The maximum Gasteiger partial charge on any atom is 0.225 e. The molecule has 0 spiro atoms. The Bertz CT molecular complexity index is 600. The first kappa shape index (κ1) is 15.7. The normalized spacial score (nSPS) is 20.2. The standard InChI is InChI=1S/C13H20N4O3S/c1-3-13(18)14-11-5-6-12(16-15-11)17(4-2)10-7-8-21(19,20)9-10/h5-6,10H,3-4,7-9H2,1-2H3,(H,14,15,18). The van der Waals surface area contributed by atoms with Gasteiger partial charge >= 0.3 is 0 Å². The van der Waals surface area contributed by atoms with Gasteiger partial charge in [-0.1, -0.05) is 6.92 Å². The molecule has 2 heterocycles. The first-order valence-corrected chi connectivity index (χ1v) is 8.88. The zero-order valence-corrected chi connectivity index (χ0v) is 13.1. The van der Waals surface area contributed by atoms with Crippen molar-refractivity contribution in [2.24, 2.45) is 0 Å². The van der Waals surface area contributed by atoms with Gasteiger partial charge in [0, 0.05) is 19.0 Å². The molecule has 21 heavy (non-hydrogen) atoms. The number of anilines is 2. The summed E-state index contributed by atoms with van der Waals surface area (Å²) in [4.78, 5) is 13.2. The van der Waals surface area contributed by atoms with Crippen molar-refractivity contribution in [3.05, 3.63) is 12.1 Å². The topological polar surface area (TPSA) is 92.3 Å². The molecule has 1 atom stereocenters. The number of rotatable bonds is 5. The van der Waals surface area contributed by atoms with Crippen LogP contribution in [-0.4, -0.2) is 48.6 Å². The minimum absolute atomic E-state index is 0.0506. The van der Waals surface area contributed by atoms with E-state index >= 15 is 0 Å². The van der Waals surface area contributed by atoms with Crippen LogP contribution in [0, 0.1) is 0 Å². The molecule has 1 amide bonds. The van der Waals surface area contributed by atoms with Crippen LogP contribution in [0.25, 0.3) is 0 Å². The van der Waals surface area contributed by atoms with Crippen LogP contribution in [0.15, 0.2) is 12.1 Å². The average Bonchev–Trinajstić information content (AvgIpc) is 2.81. The van der Waals surface area contributed by atoms with Gasteiger partial charge in [-0.15, -0.1) is 10.2 Å². The van der Waals surface area contributed by atoms with E-state index in [4.69, 9.17) is 0 Å². The van der Waals surface area contributed by atoms with E-state index in [0.717, 1.165) is 0 Å². The molecule has 0 bridgehead atoms. The van der Waals surface area contributed by atoms with Crippen molar-refractivity contribution in [2.75, 3.05) is 28.3 Å². The van der Waals surface area contributed by atoms with Crippen molar-refractivity contribution in [3.63, 3.8) is 0 Å². The van der Waals surface area contributed by atoms with Crippen molar-refractivity contribution in [1.82, 2.24) is 10.2 Å². The highest BCUT2D eigenvalue weighted by atomic mass is 32.2. The minimum atomic E-state index is -2.93. The lowest BCUT2D eigenvalue weighted by Gasteiger charge is -2.27. The molecule has 1 aromatic heterocycles. The Morgan fingerprint density at radius 2 is 2.14 bits per heavy atom. The lowest BCUT2D eigenvalue weighted by molar-refractivity contribution is -0.115. The van der Waals surface area contributed by atoms with Crippen molar-refractivity contribution in [3.8, 4) is 0 Å². The van der Waals surface area contributed by atoms with Crippen LogP contribution in [0.3, 0.4) is 0 Å². The van der Waals surface area contributed by atoms with E-state index in [-0.39, 0.29) is 23.5 Å². The SMILES string of the molecule is CCC(=O)Nc1ccc(N(CC)C2CCS(=O)(=O)C2)nn1. The van der Waals surface area contributed by atoms with Gasteiger partial charge in [0.05, 0.1) is 11.5 Å². The van der Waals surface area contributed by atoms with E-state index in [1.165, 1.54) is 0 Å². The fourth-order valence-electron chi connectivity index (χ4n) is 2.40. The number of amides is 1. The zero-order chi connectivity index (χ0) is 15.5. The van der Waals surface area contributed by atoms with Crippen LogP contribution in [0.5, 0.6) is 0 Å². The summed E-state index contributed by atoms with van der Waals surface area (Å²) in [6.45, 7) is 4.38. The Kier molecular flexibility index (Phi) is 4.76. The Hall–Kier alpha value is -1.70. The largest absolute Gasteiger partial charge is 0.351 e. The third-order valence-corrected chi connectivity index (χ3v) is 5.27. The van der Waals surface area contributed by atoms with Gasteiger partial charge in [0.25, 0.3) is 0 Å². The summed E-state index contributed by atoms with van der Waals surface area (Å²) in [5, 5.41) is 10.7. The van der Waals surface area contributed by atoms with Gasteiger partial charge in [0.15, 0.2) is 21.5 Å². The van der Waals surface area contributed by atoms with Crippen molar-refractivity contribution in [1.29, 1.82) is 0 Å². The molecule has 1 aromatic rings. The number of aromatic nitrogens is 2. The first-order chi connectivity index (χ1) is 9.95. The van der Waals surface area contributed by atoms with Crippen molar-refractivity contribution >= 4 is 27.4 Å². The smallest absolute Gasteiger partial charge is 0.225 e. The van der Waals surface area contributed by atoms with Gasteiger partial charge in [-0.25, -0.2) is 8.42 Å². The zero-order valence-electron chi connectivity index (χ0n) is 12.2. The second kappa shape index (κ2) is 6.38. The van der Waals surface area contributed by atoms with E-state index < -0.39 is 9.84 Å². The van der Waals surface area contributed by atoms with E-state index in [2.05, 4.69) is 15.5 Å². The number of carbonyl (C=O) groups excluding carboxylic acids is 1. The van der Waals surface area contributed by atoms with E-state index in [9.17, 15) is 13.2 Å². The molecule has 1 saturated heterocycles. The lowest BCUT2D eigenvalue weighted by Crippen LogP contribution is -2.36. The average molecular weight is 312 g/mol. The monoisotopic (exact) mass is 312 g/mol. The summed E-state index contributed by atoms with van der Waals surface area (Å²) in [7, 11) is -2.93. The molecular formula is C13H20N4O3S. The molecule has 0 radical (unpaired) electrons. The number of carbonyl (C=O) groups is 1. The third-order valence-electron chi connectivity index (χ3n) is 3.52. The highest BCUT2D eigenvalue weighted by Crippen LogP contribution is 2.22. The van der Waals surface area contributed by atoms with Crippen LogP contribution in [0.1, 0.15) is 26.7 Å². The molecule has 0 saturated carbocycles. The quantitative estimate of drug-likeness (QED) is 0.866. The van der Waals surface area contributed by atoms with Gasteiger partial charge in [-0.3, -0.25) is 4.79 Å². The molecule has 1 aliphatic heterocycles. The summed E-state index contributed by atoms with van der Waals surface area (Å²) in [5.41, 5.74) is 0. The Morgan fingerprint density at radius 1 is 1.38 bits per heavy atom. The Balaban J connectivity index is 2.10. The highest BCUT2D eigenvalue weighted by molar-refractivity contribution is 7.91. The predicted octanol–water partition coefficient (Wildman–Crippen LogP) is 0.839. The number of hydrogen-bond acceptors (Lipinski definition) is 6. The van der Waals surface area contributed by atoms with Crippen molar-refractivity contribution < 1.29 is 13.2 Å². The first-order valence-electron chi connectivity index (χ1n) is 7.06. The molecule has 2 rings (SSSR count). The van der Waals surface area contributed by atoms with E-state index in [0.29, 0.717) is 31.0 Å². The maximum atomic E-state index is 11.6. The summed E-state index contributed by atoms with van der Waals surface area (Å²) in [5.74, 6) is 1.31. The molecular weight excluding hydrogens is 292 g/mol. The van der Waals surface area contributed by atoms with Crippen LogP contribution in [0.2, 0.25) is 0 Å². The lowest BCUT2D eigenvalue weighted by atomic mass is 10.2. The van der Waals surface area contributed by atoms with Crippen LogP contribution >= 0.6 is 0 Å². The summed E-state index contributed by atoms with van der Waals surface area (Å²) in [6.07, 6.45) is 0.997. The van der Waals surface area contributed by atoms with E-state index in [1.807, 2.05) is 11.8 Å². The predicted molar refractivity (Wildman–Crippen MR) is 81.0 cm³/mol. The Morgan fingerprint density at radius 3 is 2.62 bits per heavy atom. The van der Waals surface area contributed by atoms with Crippen LogP contribution in [0.4, 0.5) is 11.6 Å². The van der Waals surface area contributed by atoms with Gasteiger partial charge in [-0.05, 0) is 25.5 Å². The van der Waals surface area contributed by atoms with Crippen LogP contribution in [-0.2, 0) is 14.6 Å². The molecule has 0 aliphatic carbocycles. The molecule has 1 unspecified atom stereocenters. The molecule has 1 aliphatic rings. The van der Waals surface area contributed by atoms with Gasteiger partial charge in [0.1, 0.15) is 0 Å². The summed E-state index contributed by atoms with van der Waals surface area (Å²) in [6, 6.07) is 3.39.